The number of benzene rings is 2. The molecule has 0 saturated carbocycles. The molecule has 0 heterocycles. The van der Waals surface area contributed by atoms with Crippen LogP contribution in [-0.4, -0.2) is 12.2 Å². The third kappa shape index (κ3) is 3.23. The summed E-state index contributed by atoms with van der Waals surface area (Å²) in [5.74, 6) is 0.586. The maximum Gasteiger partial charge on any atom is 0.125 e. The fraction of sp³-hybridized carbons (Fsp3) is 0.143. The Morgan fingerprint density at radius 2 is 1.89 bits per heavy atom. The molecule has 1 atom stereocenters. The molecule has 1 unspecified atom stereocenters. The quantitative estimate of drug-likeness (QED) is 0.846. The second-order valence-corrected chi connectivity index (χ2v) is 5.66. The minimum Gasteiger partial charge on any atom is -0.496 e. The normalized spacial score (nSPS) is 12.3. The molecule has 2 rings (SSSR count). The SMILES string of the molecule is COc1ccc(Cl)cc1C(O)c1ccc(Cl)c(Br)c1. The summed E-state index contributed by atoms with van der Waals surface area (Å²) in [7, 11) is 1.55. The van der Waals surface area contributed by atoms with Crippen LogP contribution in [-0.2, 0) is 0 Å². The highest BCUT2D eigenvalue weighted by molar-refractivity contribution is 9.10. The molecule has 0 radical (unpaired) electrons. The largest absolute Gasteiger partial charge is 0.496 e. The minimum atomic E-state index is -0.831. The van der Waals surface area contributed by atoms with E-state index in [0.717, 1.165) is 4.47 Å². The Kier molecular flexibility index (Phi) is 4.74. The number of halogens is 3. The van der Waals surface area contributed by atoms with Crippen molar-refractivity contribution in [1.29, 1.82) is 0 Å². The lowest BCUT2D eigenvalue weighted by atomic mass is 10.0. The van der Waals surface area contributed by atoms with Gasteiger partial charge in [0.15, 0.2) is 0 Å². The van der Waals surface area contributed by atoms with E-state index in [1.165, 1.54) is 0 Å². The predicted molar refractivity (Wildman–Crippen MR) is 81.2 cm³/mol. The van der Waals surface area contributed by atoms with Crippen molar-refractivity contribution in [2.75, 3.05) is 7.11 Å². The van der Waals surface area contributed by atoms with Gasteiger partial charge in [-0.15, -0.1) is 0 Å². The molecule has 2 aromatic carbocycles. The second kappa shape index (κ2) is 6.14. The van der Waals surface area contributed by atoms with E-state index in [2.05, 4.69) is 15.9 Å². The standard InChI is InChI=1S/C14H11BrCl2O2/c1-19-13-5-3-9(16)7-10(13)14(18)8-2-4-12(17)11(15)6-8/h2-7,14,18H,1H3. The Bertz CT molecular complexity index is 602. The van der Waals surface area contributed by atoms with Gasteiger partial charge in [-0.2, -0.15) is 0 Å². The van der Waals surface area contributed by atoms with Gasteiger partial charge in [0.2, 0.25) is 0 Å². The van der Waals surface area contributed by atoms with Gasteiger partial charge in [-0.1, -0.05) is 29.3 Å². The van der Waals surface area contributed by atoms with E-state index in [-0.39, 0.29) is 0 Å². The molecular formula is C14H11BrCl2O2. The van der Waals surface area contributed by atoms with Gasteiger partial charge in [0, 0.05) is 15.1 Å². The predicted octanol–water partition coefficient (Wildman–Crippen LogP) is 4.85. The minimum absolute atomic E-state index is 0.544. The third-order valence-electron chi connectivity index (χ3n) is 2.75. The number of hydrogen-bond donors (Lipinski definition) is 1. The lowest BCUT2D eigenvalue weighted by Gasteiger charge is -2.16. The monoisotopic (exact) mass is 360 g/mol. The average molecular weight is 362 g/mol. The summed E-state index contributed by atoms with van der Waals surface area (Å²) < 4.78 is 5.97. The molecule has 19 heavy (non-hydrogen) atoms. The van der Waals surface area contributed by atoms with Crippen LogP contribution in [0.15, 0.2) is 40.9 Å². The summed E-state index contributed by atoms with van der Waals surface area (Å²) >= 11 is 15.2. The molecule has 0 aliphatic carbocycles. The zero-order chi connectivity index (χ0) is 14.0. The molecule has 0 spiro atoms. The Labute approximate surface area is 130 Å². The molecule has 0 saturated heterocycles. The molecule has 0 aliphatic heterocycles. The number of rotatable bonds is 3. The zero-order valence-electron chi connectivity index (χ0n) is 10.0. The van der Waals surface area contributed by atoms with Gasteiger partial charge in [0.05, 0.1) is 12.1 Å². The van der Waals surface area contributed by atoms with E-state index in [0.29, 0.717) is 26.9 Å². The number of aliphatic hydroxyl groups is 1. The van der Waals surface area contributed by atoms with Crippen molar-refractivity contribution in [2.24, 2.45) is 0 Å². The molecule has 0 fully saturated rings. The molecule has 2 nitrogen and oxygen atoms in total. The maximum absolute atomic E-state index is 10.4. The summed E-state index contributed by atoms with van der Waals surface area (Å²) in [5.41, 5.74) is 1.32. The van der Waals surface area contributed by atoms with Crippen LogP contribution in [0.25, 0.3) is 0 Å². The van der Waals surface area contributed by atoms with Gasteiger partial charge in [0.25, 0.3) is 0 Å². The van der Waals surface area contributed by atoms with Crippen molar-refractivity contribution in [3.05, 3.63) is 62.0 Å². The van der Waals surface area contributed by atoms with Crippen molar-refractivity contribution >= 4 is 39.1 Å². The molecular weight excluding hydrogens is 351 g/mol. The molecule has 0 aromatic heterocycles. The lowest BCUT2D eigenvalue weighted by molar-refractivity contribution is 0.214. The first kappa shape index (κ1) is 14.7. The van der Waals surface area contributed by atoms with Crippen LogP contribution in [0.2, 0.25) is 10.0 Å². The van der Waals surface area contributed by atoms with Gasteiger partial charge in [-0.25, -0.2) is 0 Å². The van der Waals surface area contributed by atoms with Crippen LogP contribution in [0.3, 0.4) is 0 Å². The average Bonchev–Trinajstić information content (AvgIpc) is 2.41. The first-order valence-electron chi connectivity index (χ1n) is 5.49. The van der Waals surface area contributed by atoms with Crippen molar-refractivity contribution < 1.29 is 9.84 Å². The summed E-state index contributed by atoms with van der Waals surface area (Å²) in [6.07, 6.45) is -0.831. The van der Waals surface area contributed by atoms with Gasteiger partial charge in [-0.3, -0.25) is 0 Å². The molecule has 0 aliphatic rings. The van der Waals surface area contributed by atoms with E-state index in [1.807, 2.05) is 0 Å². The first-order chi connectivity index (χ1) is 9.02. The fourth-order valence-corrected chi connectivity index (χ4v) is 2.48. The van der Waals surface area contributed by atoms with E-state index >= 15 is 0 Å². The first-order valence-corrected chi connectivity index (χ1v) is 7.04. The fourth-order valence-electron chi connectivity index (χ4n) is 1.78. The van der Waals surface area contributed by atoms with Gasteiger partial charge >= 0.3 is 0 Å². The van der Waals surface area contributed by atoms with Crippen LogP contribution in [0, 0.1) is 0 Å². The number of hydrogen-bond acceptors (Lipinski definition) is 2. The molecule has 2 aromatic rings. The van der Waals surface area contributed by atoms with Gasteiger partial charge in [-0.05, 0) is 51.8 Å². The molecule has 100 valence electrons. The Morgan fingerprint density at radius 1 is 1.16 bits per heavy atom. The second-order valence-electron chi connectivity index (χ2n) is 3.96. The van der Waals surface area contributed by atoms with E-state index in [1.54, 1.807) is 43.5 Å². The zero-order valence-corrected chi connectivity index (χ0v) is 13.1. The number of methoxy groups -OCH3 is 1. The van der Waals surface area contributed by atoms with Crippen molar-refractivity contribution in [1.82, 2.24) is 0 Å². The molecule has 0 amide bonds. The van der Waals surface area contributed by atoms with Crippen molar-refractivity contribution in [2.45, 2.75) is 6.10 Å². The highest BCUT2D eigenvalue weighted by Gasteiger charge is 2.16. The van der Waals surface area contributed by atoms with E-state index in [9.17, 15) is 5.11 Å². The highest BCUT2D eigenvalue weighted by atomic mass is 79.9. The number of ether oxygens (including phenoxy) is 1. The highest BCUT2D eigenvalue weighted by Crippen LogP contribution is 2.34. The Balaban J connectivity index is 2.45. The van der Waals surface area contributed by atoms with E-state index < -0.39 is 6.10 Å². The van der Waals surface area contributed by atoms with Crippen LogP contribution in [0.1, 0.15) is 17.2 Å². The van der Waals surface area contributed by atoms with Crippen LogP contribution >= 0.6 is 39.1 Å². The molecule has 0 bridgehead atoms. The topological polar surface area (TPSA) is 29.5 Å². The van der Waals surface area contributed by atoms with E-state index in [4.69, 9.17) is 27.9 Å². The Hall–Kier alpha value is -0.740. The summed E-state index contributed by atoms with van der Waals surface area (Å²) in [5, 5.41) is 11.6. The van der Waals surface area contributed by atoms with Gasteiger partial charge < -0.3 is 9.84 Å². The maximum atomic E-state index is 10.4. The smallest absolute Gasteiger partial charge is 0.125 e. The summed E-state index contributed by atoms with van der Waals surface area (Å²) in [6.45, 7) is 0. The molecule has 1 N–H and O–H groups in total. The lowest BCUT2D eigenvalue weighted by Crippen LogP contribution is -2.02. The van der Waals surface area contributed by atoms with Crippen LogP contribution in [0.5, 0.6) is 5.75 Å². The van der Waals surface area contributed by atoms with Crippen LogP contribution in [0.4, 0.5) is 0 Å². The van der Waals surface area contributed by atoms with Gasteiger partial charge in [0.1, 0.15) is 11.9 Å². The summed E-state index contributed by atoms with van der Waals surface area (Å²) in [6, 6.07) is 10.4. The Morgan fingerprint density at radius 3 is 2.53 bits per heavy atom. The molecule has 5 heteroatoms. The summed E-state index contributed by atoms with van der Waals surface area (Å²) in [4.78, 5) is 0. The van der Waals surface area contributed by atoms with Crippen LogP contribution < -0.4 is 4.74 Å². The van der Waals surface area contributed by atoms with Crippen molar-refractivity contribution in [3.63, 3.8) is 0 Å². The van der Waals surface area contributed by atoms with Crippen molar-refractivity contribution in [3.8, 4) is 5.75 Å². The third-order valence-corrected chi connectivity index (χ3v) is 4.19. The number of aliphatic hydroxyl groups excluding tert-OH is 1.